The lowest BCUT2D eigenvalue weighted by atomic mass is 10.1. The van der Waals surface area contributed by atoms with Gasteiger partial charge in [-0.1, -0.05) is 12.2 Å². The van der Waals surface area contributed by atoms with E-state index < -0.39 is 0 Å². The van der Waals surface area contributed by atoms with Gasteiger partial charge in [-0.25, -0.2) is 4.98 Å². The van der Waals surface area contributed by atoms with Gasteiger partial charge in [-0.2, -0.15) is 0 Å². The molecule has 1 atom stereocenters. The van der Waals surface area contributed by atoms with Gasteiger partial charge in [-0.15, -0.1) is 0 Å². The van der Waals surface area contributed by atoms with Crippen LogP contribution in [0, 0.1) is 19.8 Å². The summed E-state index contributed by atoms with van der Waals surface area (Å²) in [7, 11) is 0. The van der Waals surface area contributed by atoms with Gasteiger partial charge in [-0.05, 0) is 51.2 Å². The second-order valence-electron chi connectivity index (χ2n) is 4.94. The van der Waals surface area contributed by atoms with Gasteiger partial charge in [0.2, 0.25) is 0 Å². The van der Waals surface area contributed by atoms with E-state index in [4.69, 9.17) is 18.0 Å². The smallest absolute Gasteiger partial charge is 0.136 e. The average Bonchev–Trinajstić information content (AvgIpc) is 2.97. The van der Waals surface area contributed by atoms with Crippen molar-refractivity contribution >= 4 is 23.0 Å². The van der Waals surface area contributed by atoms with Crippen molar-refractivity contribution in [3.8, 4) is 0 Å². The van der Waals surface area contributed by atoms with Gasteiger partial charge in [-0.3, -0.25) is 0 Å². The molecule has 1 aromatic rings. The van der Waals surface area contributed by atoms with Crippen molar-refractivity contribution in [1.82, 2.24) is 4.98 Å². The maximum absolute atomic E-state index is 5.78. The molecule has 1 heterocycles. The molecule has 0 spiro atoms. The second kappa shape index (κ2) is 4.61. The first-order valence-electron chi connectivity index (χ1n) is 6.03. The Labute approximate surface area is 108 Å². The van der Waals surface area contributed by atoms with Crippen molar-refractivity contribution in [1.29, 1.82) is 0 Å². The summed E-state index contributed by atoms with van der Waals surface area (Å²) in [6.07, 6.45) is 2.61. The Kier molecular flexibility index (Phi) is 3.33. The third-order valence-electron chi connectivity index (χ3n) is 3.28. The number of aromatic nitrogens is 1. The lowest BCUT2D eigenvalue weighted by Crippen LogP contribution is -2.23. The minimum atomic E-state index is 0.417. The van der Waals surface area contributed by atoms with E-state index in [2.05, 4.69) is 17.2 Å². The summed E-state index contributed by atoms with van der Waals surface area (Å²) in [6, 6.07) is 2.46. The fourth-order valence-corrected chi connectivity index (χ4v) is 2.44. The summed E-state index contributed by atoms with van der Waals surface area (Å²) in [5.41, 5.74) is 8.76. The minimum Gasteiger partial charge on any atom is -0.389 e. The largest absolute Gasteiger partial charge is 0.389 e. The van der Waals surface area contributed by atoms with Crippen molar-refractivity contribution in [2.24, 2.45) is 11.7 Å². The van der Waals surface area contributed by atoms with Gasteiger partial charge in [0.25, 0.3) is 0 Å². The first-order valence-corrected chi connectivity index (χ1v) is 6.44. The molecule has 4 heteroatoms. The molecule has 3 N–H and O–H groups in total. The molecular weight excluding hydrogens is 230 g/mol. The van der Waals surface area contributed by atoms with E-state index in [-0.39, 0.29) is 0 Å². The molecule has 0 bridgehead atoms. The molecule has 3 nitrogen and oxygen atoms in total. The van der Waals surface area contributed by atoms with Crippen LogP contribution in [0.25, 0.3) is 0 Å². The first-order chi connectivity index (χ1) is 7.99. The lowest BCUT2D eigenvalue weighted by Gasteiger charge is -2.18. The number of anilines is 1. The highest BCUT2D eigenvalue weighted by molar-refractivity contribution is 7.80. The van der Waals surface area contributed by atoms with E-state index in [1.807, 2.05) is 19.9 Å². The van der Waals surface area contributed by atoms with Gasteiger partial charge in [0.05, 0.1) is 5.56 Å². The topological polar surface area (TPSA) is 50.9 Å². The fraction of sp³-hybridized carbons (Fsp3) is 0.538. The monoisotopic (exact) mass is 249 g/mol. The van der Waals surface area contributed by atoms with Crippen LogP contribution < -0.4 is 11.1 Å². The zero-order valence-electron chi connectivity index (χ0n) is 10.6. The van der Waals surface area contributed by atoms with Gasteiger partial charge in [0.1, 0.15) is 10.8 Å². The van der Waals surface area contributed by atoms with Gasteiger partial charge < -0.3 is 11.1 Å². The molecule has 0 radical (unpaired) electrons. The number of thiocarbonyl (C=S) groups is 1. The van der Waals surface area contributed by atoms with Crippen LogP contribution in [0.3, 0.4) is 0 Å². The molecule has 1 aromatic heterocycles. The highest BCUT2D eigenvalue weighted by Crippen LogP contribution is 2.34. The first kappa shape index (κ1) is 12.3. The molecule has 1 saturated carbocycles. The van der Waals surface area contributed by atoms with E-state index >= 15 is 0 Å². The number of hydrogen-bond donors (Lipinski definition) is 2. The molecule has 1 fully saturated rings. The van der Waals surface area contributed by atoms with Crippen LogP contribution in [0.2, 0.25) is 0 Å². The van der Waals surface area contributed by atoms with Crippen molar-refractivity contribution in [2.75, 3.05) is 5.32 Å². The summed E-state index contributed by atoms with van der Waals surface area (Å²) in [5, 5.41) is 3.46. The van der Waals surface area contributed by atoms with Crippen molar-refractivity contribution < 1.29 is 0 Å². The summed E-state index contributed by atoms with van der Waals surface area (Å²) >= 11 is 5.11. The highest BCUT2D eigenvalue weighted by Gasteiger charge is 2.28. The number of rotatable bonds is 4. The predicted octanol–water partition coefficient (Wildman–Crippen LogP) is 2.54. The van der Waals surface area contributed by atoms with E-state index in [9.17, 15) is 0 Å². The summed E-state index contributed by atoms with van der Waals surface area (Å²) in [4.78, 5) is 4.94. The molecule has 0 aliphatic heterocycles. The number of nitrogens with zero attached hydrogens (tertiary/aromatic N) is 1. The molecule has 1 unspecified atom stereocenters. The molecule has 1 aliphatic rings. The quantitative estimate of drug-likeness (QED) is 0.805. The Morgan fingerprint density at radius 3 is 2.71 bits per heavy atom. The number of nitrogens with one attached hydrogen (secondary N) is 1. The van der Waals surface area contributed by atoms with Gasteiger partial charge >= 0.3 is 0 Å². The third-order valence-corrected chi connectivity index (χ3v) is 3.49. The van der Waals surface area contributed by atoms with Crippen molar-refractivity contribution in [3.63, 3.8) is 0 Å². The van der Waals surface area contributed by atoms with Crippen molar-refractivity contribution in [2.45, 2.75) is 39.7 Å². The average molecular weight is 249 g/mol. The molecule has 0 amide bonds. The van der Waals surface area contributed by atoms with Crippen molar-refractivity contribution in [3.05, 3.63) is 22.9 Å². The highest BCUT2D eigenvalue weighted by atomic mass is 32.1. The number of nitrogens with two attached hydrogens (primary N) is 1. The Morgan fingerprint density at radius 2 is 2.18 bits per heavy atom. The SMILES string of the molecule is Cc1cc(C)c(C(N)=S)c(NC(C)C2CC2)n1. The van der Waals surface area contributed by atoms with Crippen LogP contribution >= 0.6 is 12.2 Å². The second-order valence-corrected chi connectivity index (χ2v) is 5.38. The lowest BCUT2D eigenvalue weighted by molar-refractivity contribution is 0.690. The molecule has 0 saturated heterocycles. The van der Waals surface area contributed by atoms with E-state index in [1.165, 1.54) is 12.8 Å². The van der Waals surface area contributed by atoms with Crippen LogP contribution in [0.5, 0.6) is 0 Å². The van der Waals surface area contributed by atoms with E-state index in [0.29, 0.717) is 11.0 Å². The maximum atomic E-state index is 5.78. The Morgan fingerprint density at radius 1 is 1.53 bits per heavy atom. The summed E-state index contributed by atoms with van der Waals surface area (Å²) in [5.74, 6) is 1.62. The zero-order valence-corrected chi connectivity index (χ0v) is 11.4. The standard InChI is InChI=1S/C13H19N3S/c1-7-6-8(2)15-13(11(7)12(14)17)16-9(3)10-4-5-10/h6,9-10H,4-5H2,1-3H3,(H2,14,17)(H,15,16). The molecule has 92 valence electrons. The van der Waals surface area contributed by atoms with Crippen LogP contribution in [-0.2, 0) is 0 Å². The normalized spacial score (nSPS) is 16.6. The van der Waals surface area contributed by atoms with Crippen LogP contribution in [0.15, 0.2) is 6.07 Å². The van der Waals surface area contributed by atoms with E-state index in [1.54, 1.807) is 0 Å². The number of aryl methyl sites for hydroxylation is 2. The Bertz CT molecular complexity index is 452. The van der Waals surface area contributed by atoms with Crippen LogP contribution in [0.4, 0.5) is 5.82 Å². The van der Waals surface area contributed by atoms with Gasteiger partial charge in [0.15, 0.2) is 0 Å². The van der Waals surface area contributed by atoms with Crippen LogP contribution in [0.1, 0.15) is 36.6 Å². The molecule has 0 aromatic carbocycles. The zero-order chi connectivity index (χ0) is 12.6. The van der Waals surface area contributed by atoms with Gasteiger partial charge in [0, 0.05) is 11.7 Å². The summed E-state index contributed by atoms with van der Waals surface area (Å²) in [6.45, 7) is 6.21. The third kappa shape index (κ3) is 2.75. The van der Waals surface area contributed by atoms with Crippen LogP contribution in [-0.4, -0.2) is 16.0 Å². The Hall–Kier alpha value is -1.16. The number of hydrogen-bond acceptors (Lipinski definition) is 3. The molecule has 17 heavy (non-hydrogen) atoms. The maximum Gasteiger partial charge on any atom is 0.136 e. The minimum absolute atomic E-state index is 0.417. The fourth-order valence-electron chi connectivity index (χ4n) is 2.18. The Balaban J connectivity index is 2.32. The summed E-state index contributed by atoms with van der Waals surface area (Å²) < 4.78 is 0. The van der Waals surface area contributed by atoms with E-state index in [0.717, 1.165) is 28.6 Å². The number of pyridine rings is 1. The molecular formula is C13H19N3S. The molecule has 1 aliphatic carbocycles. The predicted molar refractivity (Wildman–Crippen MR) is 75.4 cm³/mol. The molecule has 2 rings (SSSR count).